The molecule has 1 aromatic carbocycles. The first-order chi connectivity index (χ1) is 8.61. The lowest BCUT2D eigenvalue weighted by Gasteiger charge is -2.29. The molecular weight excluding hydrogens is 277 g/mol. The van der Waals surface area contributed by atoms with Crippen LogP contribution in [0.4, 0.5) is 4.39 Å². The highest BCUT2D eigenvalue weighted by Crippen LogP contribution is 2.30. The Labute approximate surface area is 114 Å². The highest BCUT2D eigenvalue weighted by atomic mass is 35.5. The van der Waals surface area contributed by atoms with Gasteiger partial charge in [0, 0.05) is 22.6 Å². The first kappa shape index (κ1) is 13.6. The highest BCUT2D eigenvalue weighted by molar-refractivity contribution is 7.99. The second-order valence-electron chi connectivity index (χ2n) is 4.00. The maximum atomic E-state index is 13.0. The first-order valence-electron chi connectivity index (χ1n) is 5.48. The molecule has 0 spiro atoms. The van der Waals surface area contributed by atoms with E-state index >= 15 is 0 Å². The summed E-state index contributed by atoms with van der Waals surface area (Å²) < 4.78 is 17.7. The van der Waals surface area contributed by atoms with Gasteiger partial charge < -0.3 is 4.74 Å². The van der Waals surface area contributed by atoms with Gasteiger partial charge >= 0.3 is 5.97 Å². The lowest BCUT2D eigenvalue weighted by molar-refractivity contribution is -0.142. The van der Waals surface area contributed by atoms with Gasteiger partial charge in [-0.1, -0.05) is 17.7 Å². The molecule has 2 atom stereocenters. The molecule has 1 aromatic rings. The second kappa shape index (κ2) is 5.91. The molecule has 1 saturated heterocycles. The Hall–Kier alpha value is -0.780. The molecule has 0 radical (unpaired) electrons. The van der Waals surface area contributed by atoms with Gasteiger partial charge in [-0.3, -0.25) is 10.1 Å². The van der Waals surface area contributed by atoms with Crippen LogP contribution in [0.3, 0.4) is 0 Å². The number of ether oxygens (including phenoxy) is 1. The van der Waals surface area contributed by atoms with Crippen LogP contribution in [0, 0.1) is 5.82 Å². The van der Waals surface area contributed by atoms with Crippen molar-refractivity contribution in [2.24, 2.45) is 0 Å². The Bertz CT molecular complexity index is 458. The van der Waals surface area contributed by atoms with Crippen LogP contribution in [0.5, 0.6) is 0 Å². The van der Waals surface area contributed by atoms with Crippen LogP contribution >= 0.6 is 23.4 Å². The largest absolute Gasteiger partial charge is 0.468 e. The van der Waals surface area contributed by atoms with Crippen molar-refractivity contribution < 1.29 is 13.9 Å². The van der Waals surface area contributed by atoms with Crippen LogP contribution in [0.25, 0.3) is 0 Å². The number of benzene rings is 1. The van der Waals surface area contributed by atoms with Gasteiger partial charge in [0.15, 0.2) is 0 Å². The van der Waals surface area contributed by atoms with Gasteiger partial charge in [-0.25, -0.2) is 4.39 Å². The van der Waals surface area contributed by atoms with E-state index < -0.39 is 0 Å². The van der Waals surface area contributed by atoms with Gasteiger partial charge in [-0.2, -0.15) is 11.8 Å². The molecule has 1 heterocycles. The average Bonchev–Trinajstić information content (AvgIpc) is 2.38. The van der Waals surface area contributed by atoms with Crippen molar-refractivity contribution in [1.29, 1.82) is 0 Å². The number of esters is 1. The number of nitrogens with one attached hydrogen (secondary N) is 1. The predicted octanol–water partition coefficient (Wildman–Crippen LogP) is 2.40. The maximum Gasteiger partial charge on any atom is 0.323 e. The minimum Gasteiger partial charge on any atom is -0.468 e. The molecule has 1 fully saturated rings. The molecule has 1 N–H and O–H groups in total. The van der Waals surface area contributed by atoms with Crippen LogP contribution in [-0.4, -0.2) is 30.6 Å². The van der Waals surface area contributed by atoms with E-state index in [9.17, 15) is 9.18 Å². The number of carbonyl (C=O) groups excluding carboxylic acids is 1. The van der Waals surface area contributed by atoms with Gasteiger partial charge in [-0.05, 0) is 17.7 Å². The molecule has 0 aliphatic carbocycles. The average molecular weight is 290 g/mol. The summed E-state index contributed by atoms with van der Waals surface area (Å²) in [5, 5.41) is 3.55. The predicted molar refractivity (Wildman–Crippen MR) is 70.4 cm³/mol. The summed E-state index contributed by atoms with van der Waals surface area (Å²) in [6, 6.07) is 3.89. The lowest BCUT2D eigenvalue weighted by atomic mass is 10.1. The molecule has 0 bridgehead atoms. The second-order valence-corrected chi connectivity index (χ2v) is 5.48. The van der Waals surface area contributed by atoms with E-state index in [0.717, 1.165) is 11.3 Å². The Kier molecular flexibility index (Phi) is 4.48. The minimum atomic E-state index is -0.364. The molecule has 0 saturated carbocycles. The third-order valence-corrected chi connectivity index (χ3v) is 4.26. The fourth-order valence-corrected chi connectivity index (χ4v) is 3.30. The monoisotopic (exact) mass is 289 g/mol. The van der Waals surface area contributed by atoms with Gasteiger partial charge in [-0.15, -0.1) is 0 Å². The quantitative estimate of drug-likeness (QED) is 0.849. The zero-order chi connectivity index (χ0) is 13.1. The zero-order valence-corrected chi connectivity index (χ0v) is 11.4. The van der Waals surface area contributed by atoms with E-state index in [2.05, 4.69) is 5.32 Å². The molecule has 3 nitrogen and oxygen atoms in total. The van der Waals surface area contributed by atoms with Crippen molar-refractivity contribution in [3.8, 4) is 0 Å². The van der Waals surface area contributed by atoms with Crippen molar-refractivity contribution in [2.75, 3.05) is 18.6 Å². The smallest absolute Gasteiger partial charge is 0.323 e. The number of hydrogen-bond acceptors (Lipinski definition) is 4. The van der Waals surface area contributed by atoms with Crippen molar-refractivity contribution in [1.82, 2.24) is 5.32 Å². The molecule has 1 aliphatic rings. The Morgan fingerprint density at radius 2 is 2.33 bits per heavy atom. The molecule has 6 heteroatoms. The molecular formula is C12H13ClFNO2S. The summed E-state index contributed by atoms with van der Waals surface area (Å²) >= 11 is 7.67. The SMILES string of the molecule is COC(=O)C1CSCC(c2ccc(F)cc2Cl)N1. The van der Waals surface area contributed by atoms with E-state index in [0.29, 0.717) is 10.8 Å². The number of thioether (sulfide) groups is 1. The highest BCUT2D eigenvalue weighted by Gasteiger charge is 2.29. The first-order valence-corrected chi connectivity index (χ1v) is 7.01. The fourth-order valence-electron chi connectivity index (χ4n) is 1.88. The van der Waals surface area contributed by atoms with E-state index in [4.69, 9.17) is 16.3 Å². The van der Waals surface area contributed by atoms with Crippen LogP contribution in [0.2, 0.25) is 5.02 Å². The van der Waals surface area contributed by atoms with Gasteiger partial charge in [0.1, 0.15) is 11.9 Å². The summed E-state index contributed by atoms with van der Waals surface area (Å²) in [5.74, 6) is 0.808. The third kappa shape index (κ3) is 2.96. The Morgan fingerprint density at radius 3 is 3.00 bits per heavy atom. The number of rotatable bonds is 2. The van der Waals surface area contributed by atoms with E-state index in [1.165, 1.54) is 19.2 Å². The third-order valence-electron chi connectivity index (χ3n) is 2.80. The molecule has 2 unspecified atom stereocenters. The summed E-state index contributed by atoms with van der Waals surface area (Å²) in [7, 11) is 1.36. The van der Waals surface area contributed by atoms with Gasteiger partial charge in [0.2, 0.25) is 0 Å². The van der Waals surface area contributed by atoms with Crippen molar-refractivity contribution in [2.45, 2.75) is 12.1 Å². The number of carbonyl (C=O) groups is 1. The summed E-state index contributed by atoms with van der Waals surface area (Å²) in [6.45, 7) is 0. The van der Waals surface area contributed by atoms with Crippen molar-refractivity contribution >= 4 is 29.3 Å². The maximum absolute atomic E-state index is 13.0. The van der Waals surface area contributed by atoms with Crippen molar-refractivity contribution in [3.63, 3.8) is 0 Å². The molecule has 1 aliphatic heterocycles. The molecule has 0 aromatic heterocycles. The fraction of sp³-hybridized carbons (Fsp3) is 0.417. The van der Waals surface area contributed by atoms with Gasteiger partial charge in [0.05, 0.1) is 7.11 Å². The van der Waals surface area contributed by atoms with Crippen LogP contribution < -0.4 is 5.32 Å². The van der Waals surface area contributed by atoms with Crippen LogP contribution in [-0.2, 0) is 9.53 Å². The molecule has 18 heavy (non-hydrogen) atoms. The normalized spacial score (nSPS) is 23.7. The van der Waals surface area contributed by atoms with Crippen molar-refractivity contribution in [3.05, 3.63) is 34.6 Å². The van der Waals surface area contributed by atoms with E-state index in [1.54, 1.807) is 17.8 Å². The lowest BCUT2D eigenvalue weighted by Crippen LogP contribution is -2.45. The Balaban J connectivity index is 2.15. The Morgan fingerprint density at radius 1 is 1.56 bits per heavy atom. The summed E-state index contributed by atoms with van der Waals surface area (Å²) in [5.41, 5.74) is 0.805. The van der Waals surface area contributed by atoms with Gasteiger partial charge in [0.25, 0.3) is 0 Å². The van der Waals surface area contributed by atoms with E-state index in [-0.39, 0.29) is 23.9 Å². The number of hydrogen-bond donors (Lipinski definition) is 1. The zero-order valence-electron chi connectivity index (χ0n) is 9.78. The number of halogens is 2. The number of methoxy groups -OCH3 is 1. The minimum absolute atomic E-state index is 0.0686. The standard InChI is InChI=1S/C12H13ClFNO2S/c1-17-12(16)11-6-18-5-10(15-11)8-3-2-7(14)4-9(8)13/h2-4,10-11,15H,5-6H2,1H3. The molecule has 98 valence electrons. The summed E-state index contributed by atoms with van der Waals surface area (Å²) in [4.78, 5) is 11.5. The van der Waals surface area contributed by atoms with Crippen LogP contribution in [0.1, 0.15) is 11.6 Å². The van der Waals surface area contributed by atoms with Crippen LogP contribution in [0.15, 0.2) is 18.2 Å². The topological polar surface area (TPSA) is 38.3 Å². The molecule has 2 rings (SSSR count). The molecule has 0 amide bonds. The summed E-state index contributed by atoms with van der Waals surface area (Å²) in [6.07, 6.45) is 0. The van der Waals surface area contributed by atoms with E-state index in [1.807, 2.05) is 0 Å².